The Kier molecular flexibility index (Phi) is 3.96. The van der Waals surface area contributed by atoms with E-state index < -0.39 is 11.9 Å². The molecule has 2 rings (SSSR count). The number of hydrogen-bond acceptors (Lipinski definition) is 2. The van der Waals surface area contributed by atoms with Crippen molar-refractivity contribution in [2.24, 2.45) is 0 Å². The standard InChI is InChI=1S/C18H24O3/c1-17(2)8-9-18(3,4)15-11-12(5-6-14(15)17)13(7-10-19)16(20)21/h5-6,10-11,13H,7-9H2,1-4H3,(H,20,21). The van der Waals surface area contributed by atoms with Crippen LogP contribution in [0.3, 0.4) is 0 Å². The summed E-state index contributed by atoms with van der Waals surface area (Å²) < 4.78 is 0. The second-order valence-electron chi connectivity index (χ2n) is 7.37. The molecule has 3 nitrogen and oxygen atoms in total. The summed E-state index contributed by atoms with van der Waals surface area (Å²) in [5.41, 5.74) is 3.43. The summed E-state index contributed by atoms with van der Waals surface area (Å²) in [6.45, 7) is 8.89. The second kappa shape index (κ2) is 5.28. The molecule has 0 amide bonds. The maximum absolute atomic E-state index is 11.4. The monoisotopic (exact) mass is 288 g/mol. The van der Waals surface area contributed by atoms with Gasteiger partial charge in [-0.25, -0.2) is 0 Å². The van der Waals surface area contributed by atoms with Crippen molar-refractivity contribution in [1.29, 1.82) is 0 Å². The van der Waals surface area contributed by atoms with Gasteiger partial charge in [0.15, 0.2) is 0 Å². The Morgan fingerprint density at radius 3 is 2.29 bits per heavy atom. The van der Waals surface area contributed by atoms with Crippen LogP contribution in [0.1, 0.15) is 69.6 Å². The number of carbonyl (C=O) groups excluding carboxylic acids is 1. The molecule has 3 heteroatoms. The van der Waals surface area contributed by atoms with E-state index in [1.54, 1.807) is 0 Å². The van der Waals surface area contributed by atoms with Gasteiger partial charge in [-0.2, -0.15) is 0 Å². The van der Waals surface area contributed by atoms with Crippen molar-refractivity contribution in [2.75, 3.05) is 0 Å². The minimum atomic E-state index is -0.935. The lowest BCUT2D eigenvalue weighted by Crippen LogP contribution is -2.34. The fourth-order valence-electron chi connectivity index (χ4n) is 3.30. The van der Waals surface area contributed by atoms with Gasteiger partial charge < -0.3 is 9.90 Å². The van der Waals surface area contributed by atoms with E-state index in [2.05, 4.69) is 33.8 Å². The molecule has 21 heavy (non-hydrogen) atoms. The van der Waals surface area contributed by atoms with Crippen LogP contribution < -0.4 is 0 Å². The number of aldehydes is 1. The van der Waals surface area contributed by atoms with Crippen molar-refractivity contribution in [2.45, 2.75) is 63.7 Å². The average molecular weight is 288 g/mol. The SMILES string of the molecule is CC1(C)CCC(C)(C)c2cc(C(CC=O)C(=O)O)ccc21. The molecule has 1 atom stereocenters. The molecule has 1 aliphatic rings. The molecule has 1 aliphatic carbocycles. The molecular formula is C18H24O3. The first-order chi connectivity index (χ1) is 9.69. The number of aliphatic carboxylic acids is 1. The van der Waals surface area contributed by atoms with Crippen molar-refractivity contribution in [3.05, 3.63) is 34.9 Å². The van der Waals surface area contributed by atoms with Crippen LogP contribution in [-0.2, 0) is 20.4 Å². The van der Waals surface area contributed by atoms with E-state index >= 15 is 0 Å². The fourth-order valence-corrected chi connectivity index (χ4v) is 3.30. The van der Waals surface area contributed by atoms with Crippen LogP contribution in [0.4, 0.5) is 0 Å². The zero-order valence-corrected chi connectivity index (χ0v) is 13.3. The van der Waals surface area contributed by atoms with Crippen molar-refractivity contribution < 1.29 is 14.7 Å². The number of carboxylic acid groups (broad SMARTS) is 1. The summed E-state index contributed by atoms with van der Waals surface area (Å²) in [7, 11) is 0. The Bertz CT molecular complexity index is 570. The number of fused-ring (bicyclic) bond motifs is 1. The molecule has 0 fully saturated rings. The van der Waals surface area contributed by atoms with Crippen molar-refractivity contribution in [3.63, 3.8) is 0 Å². The summed E-state index contributed by atoms with van der Waals surface area (Å²) in [6.07, 6.45) is 2.93. The third kappa shape index (κ3) is 2.87. The molecular weight excluding hydrogens is 264 g/mol. The van der Waals surface area contributed by atoms with Gasteiger partial charge in [0, 0.05) is 6.42 Å². The van der Waals surface area contributed by atoms with E-state index in [1.165, 1.54) is 11.1 Å². The third-order valence-electron chi connectivity index (χ3n) is 4.91. The maximum Gasteiger partial charge on any atom is 0.311 e. The quantitative estimate of drug-likeness (QED) is 0.857. The van der Waals surface area contributed by atoms with Crippen molar-refractivity contribution >= 4 is 12.3 Å². The molecule has 0 aromatic heterocycles. The van der Waals surface area contributed by atoms with E-state index in [4.69, 9.17) is 0 Å². The van der Waals surface area contributed by atoms with E-state index in [9.17, 15) is 14.7 Å². The number of carboxylic acids is 1. The van der Waals surface area contributed by atoms with Crippen LogP contribution in [0, 0.1) is 0 Å². The molecule has 1 aromatic rings. The number of carbonyl (C=O) groups is 2. The highest BCUT2D eigenvalue weighted by Crippen LogP contribution is 2.46. The van der Waals surface area contributed by atoms with E-state index in [0.717, 1.165) is 18.4 Å². The largest absolute Gasteiger partial charge is 0.481 e. The smallest absolute Gasteiger partial charge is 0.311 e. The lowest BCUT2D eigenvalue weighted by Gasteiger charge is -2.42. The van der Waals surface area contributed by atoms with Crippen LogP contribution in [0.15, 0.2) is 18.2 Å². The highest BCUT2D eigenvalue weighted by atomic mass is 16.4. The molecule has 0 saturated heterocycles. The Morgan fingerprint density at radius 2 is 1.76 bits per heavy atom. The minimum absolute atomic E-state index is 0.0257. The zero-order valence-electron chi connectivity index (χ0n) is 13.3. The van der Waals surface area contributed by atoms with Gasteiger partial charge in [-0.3, -0.25) is 4.79 Å². The molecule has 0 spiro atoms. The first-order valence-corrected chi connectivity index (χ1v) is 7.50. The maximum atomic E-state index is 11.4. The van der Waals surface area contributed by atoms with Gasteiger partial charge in [-0.05, 0) is 40.4 Å². The number of benzene rings is 1. The van der Waals surface area contributed by atoms with Gasteiger partial charge in [0.05, 0.1) is 5.92 Å². The highest BCUT2D eigenvalue weighted by Gasteiger charge is 2.37. The predicted molar refractivity (Wildman–Crippen MR) is 82.8 cm³/mol. The third-order valence-corrected chi connectivity index (χ3v) is 4.91. The van der Waals surface area contributed by atoms with Gasteiger partial charge in [0.25, 0.3) is 0 Å². The van der Waals surface area contributed by atoms with Gasteiger partial charge in [-0.15, -0.1) is 0 Å². The van der Waals surface area contributed by atoms with Gasteiger partial charge in [0.2, 0.25) is 0 Å². The molecule has 0 aliphatic heterocycles. The minimum Gasteiger partial charge on any atom is -0.481 e. The Labute approximate surface area is 126 Å². The fraction of sp³-hybridized carbons (Fsp3) is 0.556. The van der Waals surface area contributed by atoms with E-state index in [0.29, 0.717) is 6.29 Å². The van der Waals surface area contributed by atoms with Crippen LogP contribution >= 0.6 is 0 Å². The second-order valence-corrected chi connectivity index (χ2v) is 7.37. The molecule has 0 bridgehead atoms. The zero-order chi connectivity index (χ0) is 15.8. The summed E-state index contributed by atoms with van der Waals surface area (Å²) in [5.74, 6) is -1.68. The van der Waals surface area contributed by atoms with Gasteiger partial charge in [-0.1, -0.05) is 45.9 Å². The molecule has 0 saturated carbocycles. The molecule has 1 unspecified atom stereocenters. The molecule has 114 valence electrons. The van der Waals surface area contributed by atoms with E-state index in [-0.39, 0.29) is 17.3 Å². The Morgan fingerprint density at radius 1 is 1.19 bits per heavy atom. The normalized spacial score (nSPS) is 20.4. The summed E-state index contributed by atoms with van der Waals surface area (Å²) in [5, 5.41) is 9.34. The number of hydrogen-bond donors (Lipinski definition) is 1. The number of rotatable bonds is 4. The van der Waals surface area contributed by atoms with Gasteiger partial charge >= 0.3 is 5.97 Å². The van der Waals surface area contributed by atoms with Gasteiger partial charge in [0.1, 0.15) is 6.29 Å². The van der Waals surface area contributed by atoms with E-state index in [1.807, 2.05) is 12.1 Å². The average Bonchev–Trinajstić information content (AvgIpc) is 2.41. The van der Waals surface area contributed by atoms with Crippen LogP contribution in [0.25, 0.3) is 0 Å². The van der Waals surface area contributed by atoms with Crippen LogP contribution in [-0.4, -0.2) is 17.4 Å². The summed E-state index contributed by atoms with van der Waals surface area (Å²) in [6, 6.07) is 5.95. The summed E-state index contributed by atoms with van der Waals surface area (Å²) >= 11 is 0. The van der Waals surface area contributed by atoms with Crippen molar-refractivity contribution in [3.8, 4) is 0 Å². The lowest BCUT2D eigenvalue weighted by molar-refractivity contribution is -0.139. The molecule has 0 heterocycles. The van der Waals surface area contributed by atoms with Crippen LogP contribution in [0.2, 0.25) is 0 Å². The molecule has 1 aromatic carbocycles. The molecule has 1 N–H and O–H groups in total. The Hall–Kier alpha value is -1.64. The highest BCUT2D eigenvalue weighted by molar-refractivity contribution is 5.79. The first-order valence-electron chi connectivity index (χ1n) is 7.50. The topological polar surface area (TPSA) is 54.4 Å². The Balaban J connectivity index is 2.55. The van der Waals surface area contributed by atoms with Crippen molar-refractivity contribution in [1.82, 2.24) is 0 Å². The lowest BCUT2D eigenvalue weighted by atomic mass is 9.62. The first kappa shape index (κ1) is 15.7. The summed E-state index contributed by atoms with van der Waals surface area (Å²) in [4.78, 5) is 22.1. The molecule has 0 radical (unpaired) electrons. The predicted octanol–water partition coefficient (Wildman–Crippen LogP) is 3.79. The van der Waals surface area contributed by atoms with Crippen LogP contribution in [0.5, 0.6) is 0 Å².